The largest absolute Gasteiger partial charge is 0.489 e. The van der Waals surface area contributed by atoms with Gasteiger partial charge in [0.05, 0.1) is 11.1 Å². The summed E-state index contributed by atoms with van der Waals surface area (Å²) in [6.45, 7) is 2.23. The standard InChI is InChI=1S/C24H33ClN2O2/c1-2-22(26)24(17-6-4-3-5-7-17)11-8-18(9-12-24)29-21-14-16-10-13-27-23(28)19(16)15-20(21)25/h10,13-15,17-18,22H,2-9,11-12,26H2,1H3,(H,27,28)/t18-,22?,24+. The Kier molecular flexibility index (Phi) is 6.21. The fraction of sp³-hybridized carbons (Fsp3) is 0.625. The van der Waals surface area contributed by atoms with E-state index in [1.165, 1.54) is 32.1 Å². The molecule has 1 unspecified atom stereocenters. The Morgan fingerprint density at radius 2 is 1.93 bits per heavy atom. The Hall–Kier alpha value is -1.52. The van der Waals surface area contributed by atoms with Crippen LogP contribution in [0.25, 0.3) is 10.8 Å². The lowest BCUT2D eigenvalue weighted by Gasteiger charge is -2.50. The number of ether oxygens (including phenoxy) is 1. The van der Waals surface area contributed by atoms with Crippen LogP contribution in [0.15, 0.2) is 29.2 Å². The molecule has 4 rings (SSSR count). The van der Waals surface area contributed by atoms with Gasteiger partial charge in [-0.25, -0.2) is 0 Å². The van der Waals surface area contributed by atoms with Crippen LogP contribution in [0.4, 0.5) is 0 Å². The van der Waals surface area contributed by atoms with Gasteiger partial charge in [-0.1, -0.05) is 37.8 Å². The minimum atomic E-state index is -0.126. The maximum absolute atomic E-state index is 12.0. The van der Waals surface area contributed by atoms with Crippen molar-refractivity contribution >= 4 is 22.4 Å². The number of fused-ring (bicyclic) bond motifs is 1. The summed E-state index contributed by atoms with van der Waals surface area (Å²) >= 11 is 6.45. The van der Waals surface area contributed by atoms with Crippen molar-refractivity contribution < 1.29 is 4.74 Å². The van der Waals surface area contributed by atoms with E-state index in [2.05, 4.69) is 11.9 Å². The van der Waals surface area contributed by atoms with Crippen LogP contribution < -0.4 is 16.0 Å². The zero-order valence-electron chi connectivity index (χ0n) is 17.4. The summed E-state index contributed by atoms with van der Waals surface area (Å²) in [6.07, 6.45) is 14.0. The predicted octanol–water partition coefficient (Wildman–Crippen LogP) is 5.81. The third-order valence-corrected chi connectivity index (χ3v) is 7.88. The summed E-state index contributed by atoms with van der Waals surface area (Å²) in [5, 5.41) is 1.95. The quantitative estimate of drug-likeness (QED) is 0.646. The van der Waals surface area contributed by atoms with Crippen LogP contribution in [-0.4, -0.2) is 17.1 Å². The van der Waals surface area contributed by atoms with Gasteiger partial charge in [-0.2, -0.15) is 0 Å². The first-order valence-corrected chi connectivity index (χ1v) is 11.6. The van der Waals surface area contributed by atoms with Gasteiger partial charge in [-0.05, 0) is 79.9 Å². The fourth-order valence-electron chi connectivity index (χ4n) is 5.87. The van der Waals surface area contributed by atoms with E-state index < -0.39 is 0 Å². The monoisotopic (exact) mass is 416 g/mol. The molecule has 1 aromatic carbocycles. The Labute approximate surface area is 178 Å². The zero-order valence-corrected chi connectivity index (χ0v) is 18.1. The highest BCUT2D eigenvalue weighted by Crippen LogP contribution is 2.51. The maximum atomic E-state index is 12.0. The number of halogens is 1. The van der Waals surface area contributed by atoms with Gasteiger partial charge in [0.15, 0.2) is 0 Å². The highest BCUT2D eigenvalue weighted by Gasteiger charge is 2.45. The van der Waals surface area contributed by atoms with E-state index in [-0.39, 0.29) is 23.1 Å². The number of benzene rings is 1. The molecule has 4 nitrogen and oxygen atoms in total. The minimum absolute atomic E-state index is 0.126. The number of aromatic nitrogens is 1. The lowest BCUT2D eigenvalue weighted by molar-refractivity contribution is -0.000576. The molecule has 2 aliphatic carbocycles. The van der Waals surface area contributed by atoms with Crippen LogP contribution in [0.3, 0.4) is 0 Å². The molecule has 1 heterocycles. The molecule has 0 spiro atoms. The average Bonchev–Trinajstić information content (AvgIpc) is 2.76. The first-order chi connectivity index (χ1) is 14.0. The highest BCUT2D eigenvalue weighted by atomic mass is 35.5. The summed E-state index contributed by atoms with van der Waals surface area (Å²) in [7, 11) is 0. The van der Waals surface area contributed by atoms with Crippen LogP contribution in [0.1, 0.15) is 71.1 Å². The Morgan fingerprint density at radius 3 is 2.62 bits per heavy atom. The van der Waals surface area contributed by atoms with Crippen LogP contribution in [0, 0.1) is 11.3 Å². The average molecular weight is 417 g/mol. The second kappa shape index (κ2) is 8.69. The van der Waals surface area contributed by atoms with Crippen LogP contribution >= 0.6 is 11.6 Å². The van der Waals surface area contributed by atoms with Crippen molar-refractivity contribution in [2.24, 2.45) is 17.1 Å². The van der Waals surface area contributed by atoms with Crippen molar-refractivity contribution in [2.75, 3.05) is 0 Å². The second-order valence-corrected chi connectivity index (χ2v) is 9.48. The van der Waals surface area contributed by atoms with Gasteiger partial charge in [-0.3, -0.25) is 4.79 Å². The van der Waals surface area contributed by atoms with Gasteiger partial charge in [0.25, 0.3) is 5.56 Å². The molecule has 0 radical (unpaired) electrons. The molecule has 5 heteroatoms. The first-order valence-electron chi connectivity index (χ1n) is 11.3. The molecule has 158 valence electrons. The van der Waals surface area contributed by atoms with E-state index in [0.717, 1.165) is 43.4 Å². The third kappa shape index (κ3) is 4.06. The van der Waals surface area contributed by atoms with Gasteiger partial charge in [-0.15, -0.1) is 0 Å². The molecule has 0 amide bonds. The van der Waals surface area contributed by atoms with Crippen molar-refractivity contribution in [3.8, 4) is 5.75 Å². The summed E-state index contributed by atoms with van der Waals surface area (Å²) in [5.74, 6) is 1.45. The Morgan fingerprint density at radius 1 is 1.21 bits per heavy atom. The number of hydrogen-bond acceptors (Lipinski definition) is 3. The number of nitrogens with two attached hydrogens (primary N) is 1. The van der Waals surface area contributed by atoms with E-state index >= 15 is 0 Å². The molecule has 2 fully saturated rings. The van der Waals surface area contributed by atoms with Crippen molar-refractivity contribution in [1.82, 2.24) is 4.98 Å². The predicted molar refractivity (Wildman–Crippen MR) is 120 cm³/mol. The van der Waals surface area contributed by atoms with E-state index in [1.807, 2.05) is 12.1 Å². The number of pyridine rings is 1. The Bertz CT molecular complexity index is 895. The molecule has 1 atom stereocenters. The van der Waals surface area contributed by atoms with Gasteiger partial charge in [0, 0.05) is 17.6 Å². The summed E-state index contributed by atoms with van der Waals surface area (Å²) < 4.78 is 6.34. The summed E-state index contributed by atoms with van der Waals surface area (Å²) in [5.41, 5.74) is 6.87. The lowest BCUT2D eigenvalue weighted by atomic mass is 9.57. The molecule has 0 bridgehead atoms. The molecular formula is C24H33ClN2O2. The van der Waals surface area contributed by atoms with Crippen molar-refractivity contribution in [1.29, 1.82) is 0 Å². The number of rotatable bonds is 5. The van der Waals surface area contributed by atoms with Gasteiger partial charge in [0.2, 0.25) is 0 Å². The summed E-state index contributed by atoms with van der Waals surface area (Å²) in [6, 6.07) is 5.78. The molecule has 2 aromatic rings. The number of nitrogens with one attached hydrogen (secondary N) is 1. The van der Waals surface area contributed by atoms with Gasteiger partial charge >= 0.3 is 0 Å². The summed E-state index contributed by atoms with van der Waals surface area (Å²) in [4.78, 5) is 14.7. The van der Waals surface area contributed by atoms with E-state index in [0.29, 0.717) is 16.2 Å². The maximum Gasteiger partial charge on any atom is 0.255 e. The van der Waals surface area contributed by atoms with E-state index in [9.17, 15) is 4.79 Å². The molecule has 0 aliphatic heterocycles. The van der Waals surface area contributed by atoms with Gasteiger partial charge in [0.1, 0.15) is 5.75 Å². The van der Waals surface area contributed by atoms with Crippen LogP contribution in [-0.2, 0) is 0 Å². The molecule has 3 N–H and O–H groups in total. The number of H-pyrrole nitrogens is 1. The fourth-order valence-corrected chi connectivity index (χ4v) is 6.08. The Balaban J connectivity index is 1.49. The number of hydrogen-bond donors (Lipinski definition) is 2. The normalized spacial score (nSPS) is 27.1. The van der Waals surface area contributed by atoms with Crippen molar-refractivity contribution in [2.45, 2.75) is 83.3 Å². The topological polar surface area (TPSA) is 68.1 Å². The van der Waals surface area contributed by atoms with Gasteiger partial charge < -0.3 is 15.5 Å². The van der Waals surface area contributed by atoms with Crippen molar-refractivity contribution in [3.05, 3.63) is 39.8 Å². The van der Waals surface area contributed by atoms with E-state index in [1.54, 1.807) is 12.3 Å². The molecular weight excluding hydrogens is 384 g/mol. The smallest absolute Gasteiger partial charge is 0.255 e. The van der Waals surface area contributed by atoms with Crippen LogP contribution in [0.5, 0.6) is 5.75 Å². The highest BCUT2D eigenvalue weighted by molar-refractivity contribution is 6.32. The van der Waals surface area contributed by atoms with Crippen molar-refractivity contribution in [3.63, 3.8) is 0 Å². The lowest BCUT2D eigenvalue weighted by Crippen LogP contribution is -2.50. The minimum Gasteiger partial charge on any atom is -0.489 e. The number of aromatic amines is 1. The second-order valence-electron chi connectivity index (χ2n) is 9.08. The molecule has 1 aromatic heterocycles. The third-order valence-electron chi connectivity index (χ3n) is 7.58. The molecule has 2 saturated carbocycles. The first kappa shape index (κ1) is 20.7. The SMILES string of the molecule is CCC(N)[C@]1(C2CCCCC2)CC[C@H](Oc2cc3cc[nH]c(=O)c3cc2Cl)CC1. The molecule has 29 heavy (non-hydrogen) atoms. The zero-order chi connectivity index (χ0) is 20.4. The van der Waals surface area contributed by atoms with Crippen LogP contribution in [0.2, 0.25) is 5.02 Å². The van der Waals surface area contributed by atoms with E-state index in [4.69, 9.17) is 22.1 Å². The molecule has 2 aliphatic rings. The molecule has 0 saturated heterocycles.